The molecule has 0 spiro atoms. The van der Waals surface area contributed by atoms with Crippen molar-refractivity contribution in [2.75, 3.05) is 11.5 Å². The highest BCUT2D eigenvalue weighted by Crippen LogP contribution is 2.33. The minimum atomic E-state index is -0.118. The molecule has 1 amide bonds. The molecule has 4 nitrogen and oxygen atoms in total. The standard InChI is InChI=1S/C15H17N3OS/c16-10-6-9(7-11(17)8-10)15(19)18-13-2-1-3-14-12(13)4-5-20-14/h4-8,13H,1-3,16-17H2,(H,18,19). The van der Waals surface area contributed by atoms with Gasteiger partial charge in [0.15, 0.2) is 0 Å². The van der Waals surface area contributed by atoms with Crippen molar-refractivity contribution in [3.63, 3.8) is 0 Å². The van der Waals surface area contributed by atoms with Gasteiger partial charge in [-0.3, -0.25) is 4.79 Å². The van der Waals surface area contributed by atoms with E-state index in [4.69, 9.17) is 11.5 Å². The van der Waals surface area contributed by atoms with Gasteiger partial charge in [-0.25, -0.2) is 0 Å². The third kappa shape index (κ3) is 2.49. The first-order chi connectivity index (χ1) is 9.63. The maximum absolute atomic E-state index is 12.3. The molecule has 3 rings (SSSR count). The lowest BCUT2D eigenvalue weighted by molar-refractivity contribution is 0.0933. The number of nitrogens with two attached hydrogens (primary N) is 2. The fraction of sp³-hybridized carbons (Fsp3) is 0.267. The molecule has 20 heavy (non-hydrogen) atoms. The molecule has 1 atom stereocenters. The molecule has 0 bridgehead atoms. The minimum Gasteiger partial charge on any atom is -0.399 e. The van der Waals surface area contributed by atoms with E-state index in [0.717, 1.165) is 19.3 Å². The van der Waals surface area contributed by atoms with Crippen LogP contribution >= 0.6 is 11.3 Å². The molecule has 1 aliphatic carbocycles. The summed E-state index contributed by atoms with van der Waals surface area (Å²) in [5.41, 5.74) is 14.3. The largest absolute Gasteiger partial charge is 0.399 e. The van der Waals surface area contributed by atoms with Gasteiger partial charge in [-0.2, -0.15) is 0 Å². The maximum Gasteiger partial charge on any atom is 0.251 e. The molecule has 2 aromatic rings. The summed E-state index contributed by atoms with van der Waals surface area (Å²) in [5, 5.41) is 5.18. The molecule has 0 fully saturated rings. The van der Waals surface area contributed by atoms with Crippen molar-refractivity contribution < 1.29 is 4.79 Å². The highest BCUT2D eigenvalue weighted by Gasteiger charge is 2.23. The van der Waals surface area contributed by atoms with Gasteiger partial charge in [0, 0.05) is 21.8 Å². The lowest BCUT2D eigenvalue weighted by atomic mass is 9.94. The lowest BCUT2D eigenvalue weighted by Crippen LogP contribution is -2.30. The van der Waals surface area contributed by atoms with Gasteiger partial charge in [-0.05, 0) is 54.5 Å². The van der Waals surface area contributed by atoms with Crippen LogP contribution < -0.4 is 16.8 Å². The summed E-state index contributed by atoms with van der Waals surface area (Å²) in [6.45, 7) is 0. The SMILES string of the molecule is Nc1cc(N)cc(C(=O)NC2CCCc3sccc32)c1. The number of carbonyl (C=O) groups is 1. The number of thiophene rings is 1. The Kier molecular flexibility index (Phi) is 3.36. The second kappa shape index (κ2) is 5.17. The molecule has 1 aromatic carbocycles. The van der Waals surface area contributed by atoms with E-state index in [-0.39, 0.29) is 11.9 Å². The van der Waals surface area contributed by atoms with Gasteiger partial charge in [-0.1, -0.05) is 0 Å². The number of hydrogen-bond acceptors (Lipinski definition) is 4. The Morgan fingerprint density at radius 1 is 1.25 bits per heavy atom. The molecule has 0 saturated carbocycles. The molecule has 1 aromatic heterocycles. The van der Waals surface area contributed by atoms with Crippen LogP contribution in [0.1, 0.15) is 39.7 Å². The summed E-state index contributed by atoms with van der Waals surface area (Å²) in [6, 6.07) is 7.17. The van der Waals surface area contributed by atoms with E-state index in [0.29, 0.717) is 16.9 Å². The van der Waals surface area contributed by atoms with Crippen LogP contribution in [0.5, 0.6) is 0 Å². The van der Waals surface area contributed by atoms with E-state index < -0.39 is 0 Å². The Labute approximate surface area is 121 Å². The number of aryl methyl sites for hydroxylation is 1. The smallest absolute Gasteiger partial charge is 0.251 e. The molecule has 0 saturated heterocycles. The summed E-state index contributed by atoms with van der Waals surface area (Å²) in [4.78, 5) is 13.7. The molecule has 5 heteroatoms. The predicted octanol–water partition coefficient (Wildman–Crippen LogP) is 2.72. The predicted molar refractivity (Wildman–Crippen MR) is 82.7 cm³/mol. The molecule has 1 aliphatic rings. The van der Waals surface area contributed by atoms with Crippen molar-refractivity contribution >= 4 is 28.6 Å². The zero-order valence-corrected chi connectivity index (χ0v) is 11.9. The van der Waals surface area contributed by atoms with Gasteiger partial charge in [0.05, 0.1) is 6.04 Å². The number of fused-ring (bicyclic) bond motifs is 1. The van der Waals surface area contributed by atoms with Crippen LogP contribution in [0.3, 0.4) is 0 Å². The second-order valence-corrected chi connectivity index (χ2v) is 6.11. The molecule has 104 valence electrons. The third-order valence-electron chi connectivity index (χ3n) is 3.60. The average molecular weight is 287 g/mol. The summed E-state index contributed by atoms with van der Waals surface area (Å²) in [6.07, 6.45) is 3.20. The van der Waals surface area contributed by atoms with Crippen LogP contribution in [0, 0.1) is 0 Å². The van der Waals surface area contributed by atoms with E-state index in [1.807, 2.05) is 0 Å². The van der Waals surface area contributed by atoms with Crippen LogP contribution in [0.15, 0.2) is 29.6 Å². The van der Waals surface area contributed by atoms with Crippen molar-refractivity contribution in [1.29, 1.82) is 0 Å². The highest BCUT2D eigenvalue weighted by molar-refractivity contribution is 7.10. The number of rotatable bonds is 2. The van der Waals surface area contributed by atoms with Crippen molar-refractivity contribution in [2.24, 2.45) is 0 Å². The summed E-state index contributed by atoms with van der Waals surface area (Å²) in [7, 11) is 0. The first-order valence-corrected chi connectivity index (χ1v) is 7.54. The average Bonchev–Trinajstić information content (AvgIpc) is 2.87. The number of nitrogens with one attached hydrogen (secondary N) is 1. The van der Waals surface area contributed by atoms with Gasteiger partial charge < -0.3 is 16.8 Å². The van der Waals surface area contributed by atoms with Crippen molar-refractivity contribution in [3.05, 3.63) is 45.6 Å². The molecule has 5 N–H and O–H groups in total. The van der Waals surface area contributed by atoms with E-state index in [1.165, 1.54) is 10.4 Å². The summed E-state index contributed by atoms with van der Waals surface area (Å²) >= 11 is 1.77. The van der Waals surface area contributed by atoms with E-state index in [1.54, 1.807) is 29.5 Å². The third-order valence-corrected chi connectivity index (χ3v) is 4.59. The highest BCUT2D eigenvalue weighted by atomic mass is 32.1. The fourth-order valence-corrected chi connectivity index (χ4v) is 3.67. The number of benzene rings is 1. The fourth-order valence-electron chi connectivity index (χ4n) is 2.69. The zero-order valence-electron chi connectivity index (χ0n) is 11.1. The van der Waals surface area contributed by atoms with E-state index in [9.17, 15) is 4.79 Å². The molecule has 0 radical (unpaired) electrons. The Hall–Kier alpha value is -2.01. The number of nitrogen functional groups attached to an aromatic ring is 2. The number of carbonyl (C=O) groups excluding carboxylic acids is 1. The van der Waals surface area contributed by atoms with Gasteiger partial charge in [0.2, 0.25) is 0 Å². The maximum atomic E-state index is 12.3. The normalized spacial score (nSPS) is 17.5. The Bertz CT molecular complexity index is 630. The summed E-state index contributed by atoms with van der Waals surface area (Å²) < 4.78 is 0. The first-order valence-electron chi connectivity index (χ1n) is 6.66. The van der Waals surface area contributed by atoms with Crippen LogP contribution in [0.25, 0.3) is 0 Å². The zero-order chi connectivity index (χ0) is 14.1. The van der Waals surface area contributed by atoms with Gasteiger partial charge >= 0.3 is 0 Å². The first kappa shape index (κ1) is 13.0. The summed E-state index contributed by atoms with van der Waals surface area (Å²) in [5.74, 6) is -0.118. The monoisotopic (exact) mass is 287 g/mol. The van der Waals surface area contributed by atoms with Gasteiger partial charge in [-0.15, -0.1) is 11.3 Å². The van der Waals surface area contributed by atoms with Gasteiger partial charge in [0.1, 0.15) is 0 Å². The second-order valence-electron chi connectivity index (χ2n) is 5.11. The molecule has 1 heterocycles. The van der Waals surface area contributed by atoms with E-state index in [2.05, 4.69) is 16.8 Å². The molecule has 0 aliphatic heterocycles. The van der Waals surface area contributed by atoms with Crippen LogP contribution in [-0.2, 0) is 6.42 Å². The number of hydrogen-bond donors (Lipinski definition) is 3. The quantitative estimate of drug-likeness (QED) is 0.743. The Balaban J connectivity index is 1.80. The topological polar surface area (TPSA) is 81.1 Å². The van der Waals surface area contributed by atoms with E-state index >= 15 is 0 Å². The number of amides is 1. The Morgan fingerprint density at radius 3 is 2.75 bits per heavy atom. The van der Waals surface area contributed by atoms with Gasteiger partial charge in [0.25, 0.3) is 5.91 Å². The van der Waals surface area contributed by atoms with Crippen LogP contribution in [0.2, 0.25) is 0 Å². The van der Waals surface area contributed by atoms with Crippen molar-refractivity contribution in [3.8, 4) is 0 Å². The minimum absolute atomic E-state index is 0.0974. The van der Waals surface area contributed by atoms with Crippen molar-refractivity contribution in [2.45, 2.75) is 25.3 Å². The lowest BCUT2D eigenvalue weighted by Gasteiger charge is -2.23. The molecular weight excluding hydrogens is 270 g/mol. The number of anilines is 2. The van der Waals surface area contributed by atoms with Crippen LogP contribution in [0.4, 0.5) is 11.4 Å². The molecular formula is C15H17N3OS. The van der Waals surface area contributed by atoms with Crippen molar-refractivity contribution in [1.82, 2.24) is 5.32 Å². The van der Waals surface area contributed by atoms with Crippen LogP contribution in [-0.4, -0.2) is 5.91 Å². The Morgan fingerprint density at radius 2 is 2.00 bits per heavy atom. The molecule has 1 unspecified atom stereocenters.